The van der Waals surface area contributed by atoms with Gasteiger partial charge in [0.2, 0.25) is 10.0 Å². The highest BCUT2D eigenvalue weighted by atomic mass is 32.2. The molecule has 0 saturated heterocycles. The van der Waals surface area contributed by atoms with Crippen molar-refractivity contribution in [3.8, 4) is 16.9 Å². The van der Waals surface area contributed by atoms with E-state index >= 15 is 0 Å². The van der Waals surface area contributed by atoms with Crippen LogP contribution in [0.15, 0.2) is 59.5 Å². The summed E-state index contributed by atoms with van der Waals surface area (Å²) < 4.78 is 42.5. The van der Waals surface area contributed by atoms with Crippen LogP contribution in [-0.4, -0.2) is 30.8 Å². The van der Waals surface area contributed by atoms with E-state index in [9.17, 15) is 17.6 Å². The molecule has 2 N–H and O–H groups in total. The Hall–Kier alpha value is -3.04. The summed E-state index contributed by atoms with van der Waals surface area (Å²) in [5, 5.41) is 9.37. The summed E-state index contributed by atoms with van der Waals surface area (Å²) >= 11 is 0. The summed E-state index contributed by atoms with van der Waals surface area (Å²) in [5.74, 6) is -0.992. The van der Waals surface area contributed by atoms with Gasteiger partial charge in [0.15, 0.2) is 5.69 Å². The predicted octanol–water partition coefficient (Wildman–Crippen LogP) is 2.50. The number of nitrogens with two attached hydrogens (primary N) is 1. The van der Waals surface area contributed by atoms with E-state index in [1.807, 2.05) is 0 Å². The van der Waals surface area contributed by atoms with Crippen molar-refractivity contribution >= 4 is 16.0 Å². The Balaban J connectivity index is 2.12. The molecule has 1 heterocycles. The fourth-order valence-electron chi connectivity index (χ4n) is 2.49. The first-order chi connectivity index (χ1) is 12.8. The molecule has 0 aliphatic heterocycles. The fraction of sp³-hybridized carbons (Fsp3) is 0.111. The van der Waals surface area contributed by atoms with Crippen molar-refractivity contribution in [1.82, 2.24) is 9.78 Å². The topological polar surface area (TPSA) is 104 Å². The molecule has 2 aromatic carbocycles. The van der Waals surface area contributed by atoms with Crippen LogP contribution in [0.1, 0.15) is 17.4 Å². The van der Waals surface area contributed by atoms with Gasteiger partial charge in [-0.1, -0.05) is 0 Å². The summed E-state index contributed by atoms with van der Waals surface area (Å²) in [5.41, 5.74) is 1.71. The quantitative estimate of drug-likeness (QED) is 0.675. The first-order valence-electron chi connectivity index (χ1n) is 7.96. The van der Waals surface area contributed by atoms with Crippen molar-refractivity contribution in [2.24, 2.45) is 5.14 Å². The van der Waals surface area contributed by atoms with Crippen LogP contribution in [0.5, 0.6) is 0 Å². The molecule has 0 saturated carbocycles. The second-order valence-corrected chi connectivity index (χ2v) is 7.15. The van der Waals surface area contributed by atoms with E-state index < -0.39 is 21.8 Å². The van der Waals surface area contributed by atoms with E-state index in [-0.39, 0.29) is 17.2 Å². The molecule has 0 fully saturated rings. The lowest BCUT2D eigenvalue weighted by atomic mass is 10.1. The average Bonchev–Trinajstić information content (AvgIpc) is 3.07. The van der Waals surface area contributed by atoms with Crippen molar-refractivity contribution in [1.29, 1.82) is 0 Å². The van der Waals surface area contributed by atoms with Crippen molar-refractivity contribution in [2.45, 2.75) is 11.8 Å². The average molecular weight is 389 g/mol. The van der Waals surface area contributed by atoms with Crippen LogP contribution in [0.25, 0.3) is 16.9 Å². The molecule has 7 nitrogen and oxygen atoms in total. The van der Waals surface area contributed by atoms with E-state index in [2.05, 4.69) is 5.10 Å². The van der Waals surface area contributed by atoms with Crippen LogP contribution in [0.3, 0.4) is 0 Å². The zero-order valence-corrected chi connectivity index (χ0v) is 15.1. The number of sulfonamides is 1. The van der Waals surface area contributed by atoms with E-state index in [0.717, 1.165) is 0 Å². The van der Waals surface area contributed by atoms with Crippen LogP contribution in [0, 0.1) is 5.82 Å². The third kappa shape index (κ3) is 4.04. The molecular weight excluding hydrogens is 373 g/mol. The second kappa shape index (κ2) is 7.29. The summed E-state index contributed by atoms with van der Waals surface area (Å²) in [6.07, 6.45) is 0. The van der Waals surface area contributed by atoms with E-state index in [1.165, 1.54) is 47.1 Å². The first kappa shape index (κ1) is 18.7. The highest BCUT2D eigenvalue weighted by Crippen LogP contribution is 2.25. The van der Waals surface area contributed by atoms with Gasteiger partial charge in [-0.3, -0.25) is 0 Å². The molecule has 0 aliphatic rings. The molecule has 3 rings (SSSR count). The number of halogens is 1. The number of ether oxygens (including phenoxy) is 1. The lowest BCUT2D eigenvalue weighted by Crippen LogP contribution is -2.12. The van der Waals surface area contributed by atoms with Gasteiger partial charge in [-0.05, 0) is 61.5 Å². The minimum atomic E-state index is -3.83. The Morgan fingerprint density at radius 3 is 2.33 bits per heavy atom. The Kier molecular flexibility index (Phi) is 5.06. The lowest BCUT2D eigenvalue weighted by Gasteiger charge is -2.08. The van der Waals surface area contributed by atoms with E-state index in [4.69, 9.17) is 9.88 Å². The van der Waals surface area contributed by atoms with Crippen LogP contribution in [0.4, 0.5) is 4.39 Å². The van der Waals surface area contributed by atoms with Gasteiger partial charge >= 0.3 is 5.97 Å². The van der Waals surface area contributed by atoms with Gasteiger partial charge in [-0.15, -0.1) is 0 Å². The molecule has 0 spiro atoms. The number of benzene rings is 2. The maximum Gasteiger partial charge on any atom is 0.358 e. The number of aromatic nitrogens is 2. The molecule has 0 aliphatic carbocycles. The number of hydrogen-bond acceptors (Lipinski definition) is 5. The number of carbonyl (C=O) groups is 1. The molecule has 9 heteroatoms. The van der Waals surface area contributed by atoms with Crippen LogP contribution in [0.2, 0.25) is 0 Å². The van der Waals surface area contributed by atoms with Crippen LogP contribution in [-0.2, 0) is 14.8 Å². The van der Waals surface area contributed by atoms with Gasteiger partial charge in [0.25, 0.3) is 0 Å². The maximum atomic E-state index is 13.3. The second-order valence-electron chi connectivity index (χ2n) is 5.59. The molecule has 1 aromatic heterocycles. The Labute approximate surface area is 155 Å². The number of rotatable bonds is 5. The van der Waals surface area contributed by atoms with E-state index in [0.29, 0.717) is 16.9 Å². The van der Waals surface area contributed by atoms with Crippen molar-refractivity contribution in [3.63, 3.8) is 0 Å². The Morgan fingerprint density at radius 1 is 1.15 bits per heavy atom. The zero-order valence-electron chi connectivity index (χ0n) is 14.3. The van der Waals surface area contributed by atoms with Gasteiger partial charge < -0.3 is 4.74 Å². The molecule has 27 heavy (non-hydrogen) atoms. The normalized spacial score (nSPS) is 11.4. The monoisotopic (exact) mass is 389 g/mol. The van der Waals surface area contributed by atoms with Gasteiger partial charge in [0, 0.05) is 5.56 Å². The third-order valence-electron chi connectivity index (χ3n) is 3.74. The number of esters is 1. The number of carbonyl (C=O) groups excluding carboxylic acids is 1. The predicted molar refractivity (Wildman–Crippen MR) is 96.3 cm³/mol. The molecule has 0 unspecified atom stereocenters. The molecule has 140 valence electrons. The third-order valence-corrected chi connectivity index (χ3v) is 4.67. The summed E-state index contributed by atoms with van der Waals surface area (Å²) in [4.78, 5) is 12.0. The highest BCUT2D eigenvalue weighted by Gasteiger charge is 2.18. The minimum absolute atomic E-state index is 0.0487. The van der Waals surface area contributed by atoms with Gasteiger partial charge in [0.1, 0.15) is 5.82 Å². The molecule has 3 aromatic rings. The Bertz CT molecular complexity index is 1070. The minimum Gasteiger partial charge on any atom is -0.461 e. The molecule has 0 bridgehead atoms. The van der Waals surface area contributed by atoms with Crippen LogP contribution < -0.4 is 5.14 Å². The number of hydrogen-bond donors (Lipinski definition) is 1. The smallest absolute Gasteiger partial charge is 0.358 e. The summed E-state index contributed by atoms with van der Waals surface area (Å²) in [6.45, 7) is 1.88. The number of nitrogens with zero attached hydrogens (tertiary/aromatic N) is 2. The zero-order chi connectivity index (χ0) is 19.6. The summed E-state index contributed by atoms with van der Waals surface area (Å²) in [7, 11) is -3.83. The van der Waals surface area contributed by atoms with Gasteiger partial charge in [-0.2, -0.15) is 5.10 Å². The van der Waals surface area contributed by atoms with Crippen molar-refractivity contribution in [2.75, 3.05) is 6.61 Å². The Morgan fingerprint density at radius 2 is 1.78 bits per heavy atom. The van der Waals surface area contributed by atoms with Crippen molar-refractivity contribution < 1.29 is 22.3 Å². The molecule has 0 atom stereocenters. The van der Waals surface area contributed by atoms with Gasteiger partial charge in [-0.25, -0.2) is 27.4 Å². The lowest BCUT2D eigenvalue weighted by molar-refractivity contribution is 0.0519. The van der Waals surface area contributed by atoms with E-state index in [1.54, 1.807) is 19.1 Å². The molecular formula is C18H16FN3O4S. The number of primary sulfonamides is 1. The van der Waals surface area contributed by atoms with Crippen LogP contribution >= 0.6 is 0 Å². The largest absolute Gasteiger partial charge is 0.461 e. The summed E-state index contributed by atoms with van der Waals surface area (Å²) in [6, 6.07) is 12.9. The fourth-order valence-corrected chi connectivity index (χ4v) is 3.00. The maximum absolute atomic E-state index is 13.3. The molecule has 0 radical (unpaired) electrons. The SMILES string of the molecule is CCOC(=O)c1cc(-c2ccc(F)cc2)n(-c2ccc(S(N)(=O)=O)cc2)n1. The highest BCUT2D eigenvalue weighted by molar-refractivity contribution is 7.89. The van der Waals surface area contributed by atoms with Crippen molar-refractivity contribution in [3.05, 3.63) is 66.1 Å². The molecule has 0 amide bonds. The van der Waals surface area contributed by atoms with Gasteiger partial charge in [0.05, 0.1) is 22.9 Å². The first-order valence-corrected chi connectivity index (χ1v) is 9.50. The standard InChI is InChI=1S/C18H16FN3O4S/c1-2-26-18(23)16-11-17(12-3-5-13(19)6-4-12)22(21-16)14-7-9-15(10-8-14)27(20,24)25/h3-11H,2H2,1H3,(H2,20,24,25).